The molecule has 1 N–H and O–H groups in total. The smallest absolute Gasteiger partial charge is 0.196 e. The van der Waals surface area contributed by atoms with E-state index in [2.05, 4.69) is 0 Å². The molecule has 7 atom stereocenters. The molecule has 1 unspecified atom stereocenters. The molecular formula is C22H26F2O4. The van der Waals surface area contributed by atoms with Gasteiger partial charge in [-0.05, 0) is 36.3 Å². The number of aliphatic hydroxyl groups is 1. The molecular weight excluding hydrogens is 366 g/mol. The summed E-state index contributed by atoms with van der Waals surface area (Å²) in [6.07, 6.45) is 5.22. The Hall–Kier alpha value is -1.69. The number of hydrogen-bond acceptors (Lipinski definition) is 4. The van der Waals surface area contributed by atoms with E-state index >= 15 is 4.39 Å². The van der Waals surface area contributed by atoms with Gasteiger partial charge in [0.15, 0.2) is 29.7 Å². The fourth-order valence-electron chi connectivity index (χ4n) is 6.78. The maximum absolute atomic E-state index is 16.7. The van der Waals surface area contributed by atoms with Crippen LogP contribution in [0.1, 0.15) is 46.5 Å². The van der Waals surface area contributed by atoms with E-state index in [0.717, 1.165) is 0 Å². The molecule has 4 aliphatic carbocycles. The zero-order valence-electron chi connectivity index (χ0n) is 16.4. The van der Waals surface area contributed by atoms with Crippen LogP contribution in [0.4, 0.5) is 8.78 Å². The van der Waals surface area contributed by atoms with Gasteiger partial charge in [0.05, 0.1) is 0 Å². The van der Waals surface area contributed by atoms with Crippen LogP contribution in [0.25, 0.3) is 0 Å². The molecule has 0 bridgehead atoms. The monoisotopic (exact) mass is 392 g/mol. The molecule has 0 aromatic heterocycles. The minimum absolute atomic E-state index is 0.0790. The standard InChI is InChI=1S/C22H26F2O4/c1-12-8-16-15-5-4-13-9-14(25)6-7-19(13,2)21(15,24)17(26)10-20(16,3)22(12,28)18(27)11-23/h4-5,9,12,15-16,28H,6-8,10-11H2,1-3H3/t12?,15-,16-,19-,20-,21-,22-/m0/s1. The molecule has 2 saturated carbocycles. The molecule has 0 aliphatic heterocycles. The number of halogens is 2. The highest BCUT2D eigenvalue weighted by Crippen LogP contribution is 2.68. The Balaban J connectivity index is 1.89. The van der Waals surface area contributed by atoms with Crippen molar-refractivity contribution in [2.45, 2.75) is 57.7 Å². The molecule has 28 heavy (non-hydrogen) atoms. The fraction of sp³-hybridized carbons (Fsp3) is 0.682. The first-order chi connectivity index (χ1) is 13.0. The van der Waals surface area contributed by atoms with Crippen molar-refractivity contribution in [1.82, 2.24) is 0 Å². The van der Waals surface area contributed by atoms with Crippen LogP contribution in [0.5, 0.6) is 0 Å². The summed E-state index contributed by atoms with van der Waals surface area (Å²) in [5, 5.41) is 11.3. The van der Waals surface area contributed by atoms with E-state index in [0.29, 0.717) is 12.0 Å². The first-order valence-electron chi connectivity index (χ1n) is 9.94. The Morgan fingerprint density at radius 3 is 2.64 bits per heavy atom. The molecule has 0 heterocycles. The van der Waals surface area contributed by atoms with Gasteiger partial charge in [-0.2, -0.15) is 0 Å². The van der Waals surface area contributed by atoms with E-state index in [1.165, 1.54) is 6.08 Å². The third-order valence-electron chi connectivity index (χ3n) is 8.49. The van der Waals surface area contributed by atoms with Crippen LogP contribution in [-0.4, -0.2) is 40.4 Å². The lowest BCUT2D eigenvalue weighted by Crippen LogP contribution is -2.67. The Morgan fingerprint density at radius 1 is 1.32 bits per heavy atom. The molecule has 6 heteroatoms. The summed E-state index contributed by atoms with van der Waals surface area (Å²) < 4.78 is 30.0. The van der Waals surface area contributed by atoms with Gasteiger partial charge in [-0.3, -0.25) is 14.4 Å². The van der Waals surface area contributed by atoms with Crippen molar-refractivity contribution in [3.63, 3.8) is 0 Å². The number of carbonyl (C=O) groups excluding carboxylic acids is 3. The number of hydrogen-bond donors (Lipinski definition) is 1. The zero-order chi connectivity index (χ0) is 20.7. The predicted octanol–water partition coefficient (Wildman–Crippen LogP) is 3.08. The van der Waals surface area contributed by atoms with E-state index < -0.39 is 58.1 Å². The van der Waals surface area contributed by atoms with E-state index in [-0.39, 0.29) is 25.0 Å². The molecule has 4 rings (SSSR count). The number of allylic oxidation sites excluding steroid dienone is 4. The average molecular weight is 392 g/mol. The van der Waals surface area contributed by atoms with Crippen LogP contribution in [0.2, 0.25) is 0 Å². The molecule has 0 saturated heterocycles. The van der Waals surface area contributed by atoms with Crippen molar-refractivity contribution in [2.75, 3.05) is 6.67 Å². The number of alkyl halides is 2. The second-order valence-corrected chi connectivity index (χ2v) is 9.58. The Labute approximate surface area is 163 Å². The number of fused-ring (bicyclic) bond motifs is 5. The summed E-state index contributed by atoms with van der Waals surface area (Å²) in [6, 6.07) is 0. The maximum atomic E-state index is 16.7. The largest absolute Gasteiger partial charge is 0.381 e. The molecule has 0 amide bonds. The van der Waals surface area contributed by atoms with Gasteiger partial charge in [0.2, 0.25) is 0 Å². The predicted molar refractivity (Wildman–Crippen MR) is 97.8 cm³/mol. The highest BCUT2D eigenvalue weighted by Gasteiger charge is 2.75. The van der Waals surface area contributed by atoms with Crippen LogP contribution >= 0.6 is 0 Å². The van der Waals surface area contributed by atoms with E-state index in [1.807, 2.05) is 0 Å². The molecule has 4 nitrogen and oxygen atoms in total. The maximum Gasteiger partial charge on any atom is 0.196 e. The average Bonchev–Trinajstić information content (AvgIpc) is 2.84. The van der Waals surface area contributed by atoms with Crippen molar-refractivity contribution in [1.29, 1.82) is 0 Å². The van der Waals surface area contributed by atoms with Gasteiger partial charge >= 0.3 is 0 Å². The van der Waals surface area contributed by atoms with E-state index in [1.54, 1.807) is 32.9 Å². The van der Waals surface area contributed by atoms with Crippen molar-refractivity contribution >= 4 is 17.3 Å². The van der Waals surface area contributed by atoms with Crippen LogP contribution < -0.4 is 0 Å². The Bertz CT molecular complexity index is 847. The quantitative estimate of drug-likeness (QED) is 0.784. The molecule has 2 fully saturated rings. The third kappa shape index (κ3) is 1.95. The van der Waals surface area contributed by atoms with Crippen LogP contribution in [0.15, 0.2) is 23.8 Å². The van der Waals surface area contributed by atoms with E-state index in [4.69, 9.17) is 0 Å². The van der Waals surface area contributed by atoms with Gasteiger partial charge in [0.25, 0.3) is 0 Å². The highest BCUT2D eigenvalue weighted by atomic mass is 19.1. The summed E-state index contributed by atoms with van der Waals surface area (Å²) in [6.45, 7) is 3.67. The first kappa shape index (κ1) is 19.6. The molecule has 0 radical (unpaired) electrons. The van der Waals surface area contributed by atoms with Gasteiger partial charge in [-0.1, -0.05) is 32.9 Å². The van der Waals surface area contributed by atoms with E-state index in [9.17, 15) is 23.9 Å². The molecule has 152 valence electrons. The Morgan fingerprint density at radius 2 is 2.00 bits per heavy atom. The van der Waals surface area contributed by atoms with Gasteiger partial charge < -0.3 is 5.11 Å². The van der Waals surface area contributed by atoms with Crippen LogP contribution in [0.3, 0.4) is 0 Å². The van der Waals surface area contributed by atoms with Gasteiger partial charge in [0.1, 0.15) is 5.60 Å². The van der Waals surface area contributed by atoms with Crippen molar-refractivity contribution < 1.29 is 28.3 Å². The lowest BCUT2D eigenvalue weighted by molar-refractivity contribution is -0.183. The molecule has 0 aromatic carbocycles. The number of ketones is 3. The first-order valence-corrected chi connectivity index (χ1v) is 9.94. The minimum Gasteiger partial charge on any atom is -0.381 e. The summed E-state index contributed by atoms with van der Waals surface area (Å²) in [4.78, 5) is 37.5. The van der Waals surface area contributed by atoms with Crippen molar-refractivity contribution in [2.24, 2.45) is 28.6 Å². The van der Waals surface area contributed by atoms with Crippen LogP contribution in [0, 0.1) is 28.6 Å². The summed E-state index contributed by atoms with van der Waals surface area (Å²) in [7, 11) is 0. The third-order valence-corrected chi connectivity index (χ3v) is 8.49. The second-order valence-electron chi connectivity index (χ2n) is 9.58. The van der Waals surface area contributed by atoms with Crippen molar-refractivity contribution in [3.05, 3.63) is 23.8 Å². The van der Waals surface area contributed by atoms with Gasteiger partial charge in [-0.15, -0.1) is 0 Å². The lowest BCUT2D eigenvalue weighted by Gasteiger charge is -2.58. The second kappa shape index (κ2) is 5.68. The topological polar surface area (TPSA) is 71.4 Å². The Kier molecular flexibility index (Phi) is 3.98. The fourth-order valence-corrected chi connectivity index (χ4v) is 6.78. The molecule has 0 aromatic rings. The molecule has 4 aliphatic rings. The highest BCUT2D eigenvalue weighted by molar-refractivity contribution is 5.98. The summed E-state index contributed by atoms with van der Waals surface area (Å²) in [5.74, 6) is -3.55. The van der Waals surface area contributed by atoms with Gasteiger partial charge in [0, 0.05) is 29.6 Å². The number of Topliss-reactive ketones (excluding diaryl/α,β-unsaturated/α-hetero) is 2. The number of rotatable bonds is 2. The van der Waals surface area contributed by atoms with Crippen molar-refractivity contribution in [3.8, 4) is 0 Å². The SMILES string of the molecule is CC1C[C@H]2[C@@H]3C=CC4=CC(=O)CC[C@]4(C)[C@@]3(F)C(=O)C[C@]2(C)[C@@]1(O)C(=O)CF. The van der Waals surface area contributed by atoms with Gasteiger partial charge in [-0.25, -0.2) is 8.78 Å². The summed E-state index contributed by atoms with van der Waals surface area (Å²) >= 11 is 0. The number of carbonyl (C=O) groups is 3. The zero-order valence-corrected chi connectivity index (χ0v) is 16.4. The molecule has 0 spiro atoms. The lowest BCUT2D eigenvalue weighted by atomic mass is 9.46. The van der Waals surface area contributed by atoms with Crippen LogP contribution in [-0.2, 0) is 14.4 Å². The minimum atomic E-state index is -2.21. The normalized spacial score (nSPS) is 49.9. The summed E-state index contributed by atoms with van der Waals surface area (Å²) in [5.41, 5.74) is -6.01.